The predicted molar refractivity (Wildman–Crippen MR) is 148 cm³/mol. The third kappa shape index (κ3) is 6.29. The fraction of sp³-hybridized carbons (Fsp3) is 0.259. The summed E-state index contributed by atoms with van der Waals surface area (Å²) in [6, 6.07) is 10.5. The number of benzene rings is 2. The second-order valence-electron chi connectivity index (χ2n) is 8.75. The van der Waals surface area contributed by atoms with Crippen LogP contribution < -0.4 is 13.8 Å². The van der Waals surface area contributed by atoms with Crippen molar-refractivity contribution in [3.63, 3.8) is 0 Å². The molecule has 2 aromatic carbocycles. The second kappa shape index (κ2) is 11.8. The Morgan fingerprint density at radius 3 is 2.74 bits per heavy atom. The molecule has 39 heavy (non-hydrogen) atoms. The van der Waals surface area contributed by atoms with Gasteiger partial charge in [0.1, 0.15) is 17.7 Å². The predicted octanol–water partition coefficient (Wildman–Crippen LogP) is 6.31. The molecule has 0 saturated carbocycles. The van der Waals surface area contributed by atoms with Crippen LogP contribution in [0.5, 0.6) is 11.6 Å². The van der Waals surface area contributed by atoms with Gasteiger partial charge in [0.15, 0.2) is 4.90 Å². The highest BCUT2D eigenvalue weighted by Gasteiger charge is 2.37. The first-order chi connectivity index (χ1) is 18.5. The van der Waals surface area contributed by atoms with Crippen LogP contribution in [-0.4, -0.2) is 43.7 Å². The van der Waals surface area contributed by atoms with E-state index in [2.05, 4.69) is 4.98 Å². The number of aromatic nitrogens is 1. The number of carboxylic acids is 1. The molecule has 0 spiro atoms. The topological polar surface area (TPSA) is 106 Å². The van der Waals surface area contributed by atoms with Gasteiger partial charge in [-0.3, -0.25) is 9.10 Å². The summed E-state index contributed by atoms with van der Waals surface area (Å²) in [6.07, 6.45) is 2.11. The zero-order chi connectivity index (χ0) is 28.3. The van der Waals surface area contributed by atoms with E-state index in [1.165, 1.54) is 24.4 Å². The zero-order valence-electron chi connectivity index (χ0n) is 21.0. The Bertz CT molecular complexity index is 1530. The molecule has 0 fully saturated rings. The monoisotopic (exact) mass is 594 g/mol. The van der Waals surface area contributed by atoms with Gasteiger partial charge < -0.3 is 14.6 Å². The molecule has 0 bridgehead atoms. The van der Waals surface area contributed by atoms with Gasteiger partial charge >= 0.3 is 5.97 Å². The van der Waals surface area contributed by atoms with Gasteiger partial charge in [-0.05, 0) is 61.7 Å². The Morgan fingerprint density at radius 1 is 1.28 bits per heavy atom. The summed E-state index contributed by atoms with van der Waals surface area (Å²) in [5.74, 6) is -1.39. The minimum absolute atomic E-state index is 0.0828. The first-order valence-electron chi connectivity index (χ1n) is 12.0. The summed E-state index contributed by atoms with van der Waals surface area (Å²) < 4.78 is 55.1. The largest absolute Gasteiger partial charge is 0.486 e. The van der Waals surface area contributed by atoms with Gasteiger partial charge in [0.05, 0.1) is 28.9 Å². The number of sulfonamides is 1. The maximum Gasteiger partial charge on any atom is 0.303 e. The summed E-state index contributed by atoms with van der Waals surface area (Å²) in [5.41, 5.74) is 1.54. The van der Waals surface area contributed by atoms with Gasteiger partial charge in [-0.1, -0.05) is 41.4 Å². The molecular formula is C27H25Cl2FN2O6S. The van der Waals surface area contributed by atoms with E-state index in [4.69, 9.17) is 37.8 Å². The summed E-state index contributed by atoms with van der Waals surface area (Å²) >= 11 is 12.3. The fourth-order valence-corrected chi connectivity index (χ4v) is 6.38. The third-order valence-corrected chi connectivity index (χ3v) is 8.27. The number of anilines is 1. The molecule has 1 aliphatic rings. The number of carbonyl (C=O) groups is 1. The van der Waals surface area contributed by atoms with Crippen LogP contribution in [0.15, 0.2) is 53.6 Å². The Hall–Kier alpha value is -3.34. The van der Waals surface area contributed by atoms with Crippen LogP contribution in [0.1, 0.15) is 37.8 Å². The summed E-state index contributed by atoms with van der Waals surface area (Å²) in [6.45, 7) is 3.40. The molecule has 4 rings (SSSR count). The Kier molecular flexibility index (Phi) is 8.68. The third-order valence-electron chi connectivity index (χ3n) is 5.97. The Balaban J connectivity index is 1.82. The van der Waals surface area contributed by atoms with Crippen molar-refractivity contribution < 1.29 is 32.2 Å². The second-order valence-corrected chi connectivity index (χ2v) is 11.4. The molecule has 206 valence electrons. The number of hydrogen-bond donors (Lipinski definition) is 1. The van der Waals surface area contributed by atoms with E-state index in [9.17, 15) is 17.6 Å². The molecule has 0 radical (unpaired) electrons. The molecule has 0 amide bonds. The average Bonchev–Trinajstić information content (AvgIpc) is 2.88. The number of halogens is 3. The maximum absolute atomic E-state index is 14.5. The van der Waals surface area contributed by atoms with E-state index < -0.39 is 27.9 Å². The number of rotatable bonds is 9. The Morgan fingerprint density at radius 2 is 2.05 bits per heavy atom. The molecule has 2 heterocycles. The zero-order valence-corrected chi connectivity index (χ0v) is 23.4. The molecule has 1 atom stereocenters. The van der Waals surface area contributed by atoms with Crippen molar-refractivity contribution in [3.05, 3.63) is 75.7 Å². The normalized spacial score (nSPS) is 15.5. The number of fused-ring (bicyclic) bond motifs is 1. The number of hydrogen-bond acceptors (Lipinski definition) is 6. The SMILES string of the molecule is CCOc1ncc(Cl)cc1S(=O)(=O)N1C[C@H](CCC(=O)O)Oc2ccc(C=C(C)c3c(F)cccc3Cl)cc21. The van der Waals surface area contributed by atoms with Crippen molar-refractivity contribution in [1.82, 2.24) is 4.98 Å². The standard InChI is InChI=1S/C27H25Cl2FN2O6S/c1-3-37-27-24(13-18(28)14-31-27)39(35,36)32-15-19(8-10-25(33)34)38-23-9-7-17(12-22(23)32)11-16(2)26-20(29)5-4-6-21(26)30/h4-7,9,11-14,19H,3,8,10,15H2,1-2H3,(H,33,34)/t19-/m0/s1. The first kappa shape index (κ1) is 28.7. The van der Waals surface area contributed by atoms with Crippen molar-refractivity contribution in [2.75, 3.05) is 17.5 Å². The number of ether oxygens (including phenoxy) is 2. The molecule has 1 N–H and O–H groups in total. The molecule has 0 saturated heterocycles. The Labute approximate surface area is 235 Å². The molecule has 0 aliphatic carbocycles. The molecule has 12 heteroatoms. The molecule has 0 unspecified atom stereocenters. The fourth-order valence-electron chi connectivity index (χ4n) is 4.23. The number of allylic oxidation sites excluding steroid dienone is 1. The molecule has 3 aromatic rings. The van der Waals surface area contributed by atoms with Crippen LogP contribution >= 0.6 is 23.2 Å². The van der Waals surface area contributed by atoms with E-state index in [1.54, 1.807) is 44.2 Å². The summed E-state index contributed by atoms with van der Waals surface area (Å²) in [7, 11) is -4.30. The van der Waals surface area contributed by atoms with Crippen LogP contribution in [-0.2, 0) is 14.8 Å². The highest BCUT2D eigenvalue weighted by Crippen LogP contribution is 2.41. The highest BCUT2D eigenvalue weighted by atomic mass is 35.5. The highest BCUT2D eigenvalue weighted by molar-refractivity contribution is 7.93. The summed E-state index contributed by atoms with van der Waals surface area (Å²) in [5, 5.41) is 9.50. The van der Waals surface area contributed by atoms with Gasteiger partial charge in [0, 0.05) is 18.2 Å². The van der Waals surface area contributed by atoms with Crippen LogP contribution in [0.2, 0.25) is 10.0 Å². The molecule has 1 aliphatic heterocycles. The van der Waals surface area contributed by atoms with Crippen molar-refractivity contribution in [2.24, 2.45) is 0 Å². The lowest BCUT2D eigenvalue weighted by Gasteiger charge is -2.35. The van der Waals surface area contributed by atoms with Crippen LogP contribution in [0.25, 0.3) is 11.6 Å². The van der Waals surface area contributed by atoms with E-state index >= 15 is 0 Å². The lowest BCUT2D eigenvalue weighted by Crippen LogP contribution is -2.44. The van der Waals surface area contributed by atoms with Gasteiger partial charge in [-0.15, -0.1) is 0 Å². The van der Waals surface area contributed by atoms with Gasteiger partial charge in [-0.25, -0.2) is 17.8 Å². The number of carboxylic acid groups (broad SMARTS) is 1. The van der Waals surface area contributed by atoms with Gasteiger partial charge in [0.2, 0.25) is 5.88 Å². The lowest BCUT2D eigenvalue weighted by molar-refractivity contribution is -0.137. The number of aliphatic carboxylic acids is 1. The van der Waals surface area contributed by atoms with Crippen molar-refractivity contribution in [1.29, 1.82) is 0 Å². The number of pyridine rings is 1. The van der Waals surface area contributed by atoms with Crippen LogP contribution in [0.4, 0.5) is 10.1 Å². The van der Waals surface area contributed by atoms with Gasteiger partial charge in [0.25, 0.3) is 10.0 Å². The summed E-state index contributed by atoms with van der Waals surface area (Å²) in [4.78, 5) is 15.0. The maximum atomic E-state index is 14.5. The quantitative estimate of drug-likeness (QED) is 0.289. The van der Waals surface area contributed by atoms with Crippen molar-refractivity contribution >= 4 is 56.5 Å². The molecule has 8 nitrogen and oxygen atoms in total. The van der Waals surface area contributed by atoms with E-state index in [0.29, 0.717) is 11.1 Å². The van der Waals surface area contributed by atoms with E-state index in [-0.39, 0.29) is 63.8 Å². The van der Waals surface area contributed by atoms with Gasteiger partial charge in [-0.2, -0.15) is 0 Å². The van der Waals surface area contributed by atoms with Crippen LogP contribution in [0.3, 0.4) is 0 Å². The van der Waals surface area contributed by atoms with Crippen molar-refractivity contribution in [2.45, 2.75) is 37.7 Å². The van der Waals surface area contributed by atoms with Crippen molar-refractivity contribution in [3.8, 4) is 11.6 Å². The molecule has 1 aromatic heterocycles. The van der Waals surface area contributed by atoms with E-state index in [0.717, 1.165) is 4.31 Å². The lowest BCUT2D eigenvalue weighted by atomic mass is 10.0. The molecular weight excluding hydrogens is 570 g/mol. The van der Waals surface area contributed by atoms with Crippen LogP contribution in [0, 0.1) is 5.82 Å². The minimum atomic E-state index is -4.30. The average molecular weight is 595 g/mol. The number of nitrogens with zero attached hydrogens (tertiary/aromatic N) is 2. The minimum Gasteiger partial charge on any atom is -0.486 e. The first-order valence-corrected chi connectivity index (χ1v) is 14.2. The smallest absolute Gasteiger partial charge is 0.303 e. The van der Waals surface area contributed by atoms with E-state index in [1.807, 2.05) is 0 Å².